The van der Waals surface area contributed by atoms with Gasteiger partial charge in [-0.2, -0.15) is 5.26 Å². The second-order valence-electron chi connectivity index (χ2n) is 7.26. The third-order valence-corrected chi connectivity index (χ3v) is 5.58. The Morgan fingerprint density at radius 2 is 2.32 bits per heavy atom. The second kappa shape index (κ2) is 8.59. The number of anilines is 1. The second-order valence-corrected chi connectivity index (χ2v) is 7.26. The van der Waals surface area contributed by atoms with E-state index >= 15 is 0 Å². The van der Waals surface area contributed by atoms with E-state index in [9.17, 15) is 10.4 Å². The summed E-state index contributed by atoms with van der Waals surface area (Å²) in [5.74, 6) is 1.76. The lowest BCUT2D eigenvalue weighted by atomic mass is 9.91. The maximum atomic E-state index is 10.8. The van der Waals surface area contributed by atoms with Crippen LogP contribution in [0.15, 0.2) is 29.9 Å². The quantitative estimate of drug-likeness (QED) is 0.582. The molecule has 150 valence electrons. The van der Waals surface area contributed by atoms with Crippen LogP contribution in [0, 0.1) is 17.2 Å². The molecule has 1 aliphatic rings. The number of aromatic nitrogens is 3. The largest absolute Gasteiger partial charge is 0.497 e. The smallest absolute Gasteiger partial charge is 0.146 e. The molecule has 3 atom stereocenters. The Morgan fingerprint density at radius 3 is 3.04 bits per heavy atom. The molecule has 28 heavy (non-hydrogen) atoms. The predicted octanol–water partition coefficient (Wildman–Crippen LogP) is 2.26. The first-order valence-electron chi connectivity index (χ1n) is 9.64. The Bertz CT molecular complexity index is 886. The summed E-state index contributed by atoms with van der Waals surface area (Å²) >= 11 is 0. The summed E-state index contributed by atoms with van der Waals surface area (Å²) < 4.78 is 5.45. The van der Waals surface area contributed by atoms with Crippen molar-refractivity contribution in [1.82, 2.24) is 19.9 Å². The first kappa shape index (κ1) is 20.1. The Hall–Kier alpha value is -2.63. The van der Waals surface area contributed by atoms with E-state index in [1.54, 1.807) is 13.3 Å². The number of aromatic amines is 1. The Labute approximate surface area is 165 Å². The van der Waals surface area contributed by atoms with Crippen molar-refractivity contribution in [2.75, 3.05) is 31.6 Å². The lowest BCUT2D eigenvalue weighted by Gasteiger charge is -2.43. The summed E-state index contributed by atoms with van der Waals surface area (Å²) in [6, 6.07) is 4.23. The topological polar surface area (TPSA) is 101 Å². The number of nitrogens with one attached hydrogen (secondary N) is 1. The molecule has 8 nitrogen and oxygen atoms in total. The number of piperidine rings is 1. The first-order chi connectivity index (χ1) is 13.5. The number of nitrogens with zero attached hydrogens (tertiary/aromatic N) is 5. The van der Waals surface area contributed by atoms with Gasteiger partial charge in [0.05, 0.1) is 12.0 Å². The normalized spacial score (nSPS) is 22.4. The maximum absolute atomic E-state index is 10.8. The maximum Gasteiger partial charge on any atom is 0.146 e. The van der Waals surface area contributed by atoms with Crippen LogP contribution in [0.2, 0.25) is 0 Å². The number of rotatable bonds is 6. The number of fused-ring (bicyclic) bond motifs is 1. The van der Waals surface area contributed by atoms with Crippen LogP contribution in [0.25, 0.3) is 11.0 Å². The van der Waals surface area contributed by atoms with Crippen molar-refractivity contribution in [2.24, 2.45) is 5.92 Å². The van der Waals surface area contributed by atoms with Crippen molar-refractivity contribution in [3.63, 3.8) is 0 Å². The number of hydrogen-bond donors (Lipinski definition) is 2. The Morgan fingerprint density at radius 1 is 1.54 bits per heavy atom. The average Bonchev–Trinajstić information content (AvgIpc) is 3.17. The number of allylic oxidation sites excluding steroid dienone is 1. The third-order valence-electron chi connectivity index (χ3n) is 5.58. The molecular weight excluding hydrogens is 356 g/mol. The molecule has 2 N–H and O–H groups in total. The molecule has 0 amide bonds. The zero-order chi connectivity index (χ0) is 20.3. The van der Waals surface area contributed by atoms with E-state index in [0.717, 1.165) is 29.8 Å². The number of hydrogen-bond acceptors (Lipinski definition) is 7. The lowest BCUT2D eigenvalue weighted by Crippen LogP contribution is -2.54. The third kappa shape index (κ3) is 3.81. The van der Waals surface area contributed by atoms with Crippen LogP contribution in [0.1, 0.15) is 27.2 Å². The molecule has 0 aliphatic carbocycles. The molecule has 0 radical (unpaired) electrons. The zero-order valence-corrected chi connectivity index (χ0v) is 16.9. The molecular formula is C20H28N6O2. The average molecular weight is 384 g/mol. The zero-order valence-electron chi connectivity index (χ0n) is 16.9. The highest BCUT2D eigenvalue weighted by atomic mass is 16.5. The minimum atomic E-state index is -0.974. The van der Waals surface area contributed by atoms with E-state index in [2.05, 4.69) is 32.8 Å². The monoisotopic (exact) mass is 384 g/mol. The van der Waals surface area contributed by atoms with Gasteiger partial charge in [0.2, 0.25) is 0 Å². The van der Waals surface area contributed by atoms with Gasteiger partial charge in [-0.1, -0.05) is 6.92 Å². The van der Waals surface area contributed by atoms with Gasteiger partial charge in [-0.05, 0) is 32.3 Å². The molecule has 3 unspecified atom stereocenters. The van der Waals surface area contributed by atoms with Crippen molar-refractivity contribution < 1.29 is 9.84 Å². The summed E-state index contributed by atoms with van der Waals surface area (Å²) in [5, 5.41) is 21.3. The van der Waals surface area contributed by atoms with E-state index in [4.69, 9.17) is 4.74 Å². The molecule has 1 aliphatic heterocycles. The number of likely N-dealkylation sites (tertiary alicyclic amines) is 1. The summed E-state index contributed by atoms with van der Waals surface area (Å²) in [6.45, 7) is 7.62. The van der Waals surface area contributed by atoms with Crippen LogP contribution in [0.4, 0.5) is 5.82 Å². The van der Waals surface area contributed by atoms with Crippen LogP contribution in [0.5, 0.6) is 0 Å². The van der Waals surface area contributed by atoms with Gasteiger partial charge >= 0.3 is 0 Å². The van der Waals surface area contributed by atoms with Gasteiger partial charge in [-0.15, -0.1) is 0 Å². The molecule has 1 fully saturated rings. The molecule has 0 saturated carbocycles. The summed E-state index contributed by atoms with van der Waals surface area (Å²) in [7, 11) is 2.03. The van der Waals surface area contributed by atoms with Crippen LogP contribution in [-0.4, -0.2) is 64.0 Å². The molecule has 2 aromatic rings. The van der Waals surface area contributed by atoms with Gasteiger partial charge in [-0.25, -0.2) is 9.97 Å². The Kier molecular flexibility index (Phi) is 6.17. The van der Waals surface area contributed by atoms with Crippen molar-refractivity contribution in [3.8, 4) is 6.07 Å². The molecule has 3 heterocycles. The van der Waals surface area contributed by atoms with Gasteiger partial charge in [0, 0.05) is 32.4 Å². The number of aliphatic hydroxyl groups excluding tert-OH is 1. The number of nitriles is 1. The van der Waals surface area contributed by atoms with E-state index in [0.29, 0.717) is 24.8 Å². The van der Waals surface area contributed by atoms with E-state index in [-0.39, 0.29) is 11.6 Å². The van der Waals surface area contributed by atoms with Crippen molar-refractivity contribution in [3.05, 3.63) is 29.9 Å². The molecule has 0 aromatic carbocycles. The number of aliphatic hydroxyl groups is 1. The molecule has 3 rings (SSSR count). The van der Waals surface area contributed by atoms with Crippen LogP contribution >= 0.6 is 0 Å². The number of ether oxygens (including phenoxy) is 1. The highest BCUT2D eigenvalue weighted by molar-refractivity contribution is 5.87. The number of likely N-dealkylation sites (N-methyl/N-ethyl adjacent to an activating group) is 1. The van der Waals surface area contributed by atoms with Gasteiger partial charge in [0.15, 0.2) is 0 Å². The van der Waals surface area contributed by atoms with Crippen molar-refractivity contribution in [1.29, 1.82) is 5.26 Å². The van der Waals surface area contributed by atoms with Gasteiger partial charge in [0.1, 0.15) is 41.4 Å². The highest BCUT2D eigenvalue weighted by Crippen LogP contribution is 2.30. The van der Waals surface area contributed by atoms with Crippen LogP contribution in [-0.2, 0) is 4.74 Å². The minimum absolute atomic E-state index is 0.142. The lowest BCUT2D eigenvalue weighted by molar-refractivity contribution is 0.00293. The molecule has 1 saturated heterocycles. The van der Waals surface area contributed by atoms with Gasteiger partial charge in [-0.3, -0.25) is 4.90 Å². The first-order valence-corrected chi connectivity index (χ1v) is 9.64. The van der Waals surface area contributed by atoms with E-state index < -0.39 is 6.23 Å². The summed E-state index contributed by atoms with van der Waals surface area (Å²) in [4.78, 5) is 16.0. The van der Waals surface area contributed by atoms with E-state index in [1.807, 2.05) is 31.1 Å². The molecule has 0 bridgehead atoms. The van der Waals surface area contributed by atoms with Gasteiger partial charge in [0.25, 0.3) is 0 Å². The molecule has 2 aromatic heterocycles. The number of H-pyrrole nitrogens is 1. The van der Waals surface area contributed by atoms with Crippen LogP contribution in [0.3, 0.4) is 0 Å². The molecule has 0 spiro atoms. The van der Waals surface area contributed by atoms with Gasteiger partial charge < -0.3 is 19.7 Å². The summed E-state index contributed by atoms with van der Waals surface area (Å²) in [5.41, 5.74) is 1.08. The van der Waals surface area contributed by atoms with Crippen molar-refractivity contribution in [2.45, 2.75) is 39.5 Å². The molecule has 8 heteroatoms. The standard InChI is InChI=1S/C20H28N6O2/c1-5-28-14(3)16(10-21)20(27)26-9-7-13(2)17(11-26)25(4)19-15-6-8-22-18(15)23-12-24-19/h6,8,12-13,17,20,27H,5,7,9,11H2,1-4H3,(H,22,23,24). The fraction of sp³-hybridized carbons (Fsp3) is 0.550. The van der Waals surface area contributed by atoms with E-state index in [1.165, 1.54) is 0 Å². The summed E-state index contributed by atoms with van der Waals surface area (Å²) in [6.07, 6.45) is 3.36. The predicted molar refractivity (Wildman–Crippen MR) is 107 cm³/mol. The SMILES string of the molecule is CCOC(C)=C(C#N)C(O)N1CCC(C)C(N(C)c2ncnc3[nH]ccc23)C1. The fourth-order valence-corrected chi connectivity index (χ4v) is 3.89. The van der Waals surface area contributed by atoms with Crippen molar-refractivity contribution >= 4 is 16.9 Å². The fourth-order valence-electron chi connectivity index (χ4n) is 3.89. The highest BCUT2D eigenvalue weighted by Gasteiger charge is 2.34. The van der Waals surface area contributed by atoms with Crippen LogP contribution < -0.4 is 4.90 Å². The Balaban J connectivity index is 1.84. The minimum Gasteiger partial charge on any atom is -0.497 e.